The maximum Gasteiger partial charge on any atom is 0.393 e. The van der Waals surface area contributed by atoms with E-state index in [-0.39, 0.29) is 0 Å². The van der Waals surface area contributed by atoms with Crippen LogP contribution in [0.3, 0.4) is 0 Å². The first-order valence-corrected chi connectivity index (χ1v) is 11.0. The monoisotopic (exact) mass is 410 g/mol. The SMILES string of the molecule is FC(F)(F)Cc1cc2c(N3CC4(CN(CC5CCCCC5)C4)C3)ncnc2s1. The summed E-state index contributed by atoms with van der Waals surface area (Å²) in [5.74, 6) is 1.67. The van der Waals surface area contributed by atoms with Crippen molar-refractivity contribution in [1.82, 2.24) is 14.9 Å². The molecule has 3 aliphatic rings. The van der Waals surface area contributed by atoms with Gasteiger partial charge in [0.1, 0.15) is 17.0 Å². The summed E-state index contributed by atoms with van der Waals surface area (Å²) >= 11 is 1.12. The largest absolute Gasteiger partial charge is 0.393 e. The lowest BCUT2D eigenvalue weighted by atomic mass is 9.72. The van der Waals surface area contributed by atoms with Gasteiger partial charge in [-0.2, -0.15) is 13.2 Å². The first-order chi connectivity index (χ1) is 13.4. The van der Waals surface area contributed by atoms with Crippen LogP contribution in [0.4, 0.5) is 19.0 Å². The second-order valence-corrected chi connectivity index (χ2v) is 10.1. The normalized spacial score (nSPS) is 23.2. The van der Waals surface area contributed by atoms with E-state index in [0.29, 0.717) is 15.1 Å². The highest BCUT2D eigenvalue weighted by molar-refractivity contribution is 7.18. The highest BCUT2D eigenvalue weighted by atomic mass is 32.1. The van der Waals surface area contributed by atoms with Crippen LogP contribution < -0.4 is 4.90 Å². The first kappa shape index (κ1) is 18.6. The van der Waals surface area contributed by atoms with Gasteiger partial charge in [-0.05, 0) is 24.8 Å². The molecule has 0 amide bonds. The molecule has 4 nitrogen and oxygen atoms in total. The summed E-state index contributed by atoms with van der Waals surface area (Å²) in [4.78, 5) is 14.4. The van der Waals surface area contributed by atoms with Gasteiger partial charge in [-0.15, -0.1) is 11.3 Å². The summed E-state index contributed by atoms with van der Waals surface area (Å²) in [5, 5.41) is 0.764. The molecule has 8 heteroatoms. The Bertz CT molecular complexity index is 845. The molecule has 0 atom stereocenters. The van der Waals surface area contributed by atoms with Gasteiger partial charge in [0.25, 0.3) is 0 Å². The molecule has 0 aromatic carbocycles. The molecule has 0 unspecified atom stereocenters. The first-order valence-electron chi connectivity index (χ1n) is 10.2. The fraction of sp³-hybridized carbons (Fsp3) is 0.700. The predicted octanol–water partition coefficient (Wildman–Crippen LogP) is 4.50. The molecule has 2 aromatic heterocycles. The van der Waals surface area contributed by atoms with E-state index in [0.717, 1.165) is 54.6 Å². The van der Waals surface area contributed by atoms with Gasteiger partial charge in [-0.3, -0.25) is 0 Å². The van der Waals surface area contributed by atoms with Crippen LogP contribution in [0.1, 0.15) is 37.0 Å². The van der Waals surface area contributed by atoms with Crippen LogP contribution in [0.25, 0.3) is 10.2 Å². The van der Waals surface area contributed by atoms with Crippen molar-refractivity contribution in [2.24, 2.45) is 11.3 Å². The Kier molecular flexibility index (Phi) is 4.54. The molecule has 0 N–H and O–H groups in total. The lowest BCUT2D eigenvalue weighted by molar-refractivity contribution is -0.126. The van der Waals surface area contributed by atoms with Gasteiger partial charge >= 0.3 is 6.18 Å². The molecule has 1 aliphatic carbocycles. The highest BCUT2D eigenvalue weighted by Crippen LogP contribution is 2.44. The number of thiophene rings is 1. The van der Waals surface area contributed by atoms with Crippen molar-refractivity contribution < 1.29 is 13.2 Å². The molecule has 0 bridgehead atoms. The maximum atomic E-state index is 12.7. The number of alkyl halides is 3. The van der Waals surface area contributed by atoms with Crippen LogP contribution in [0.2, 0.25) is 0 Å². The fourth-order valence-electron chi connectivity index (χ4n) is 5.31. The Hall–Kier alpha value is -1.41. The van der Waals surface area contributed by atoms with Crippen molar-refractivity contribution in [3.8, 4) is 0 Å². The topological polar surface area (TPSA) is 32.3 Å². The van der Waals surface area contributed by atoms with Crippen molar-refractivity contribution in [2.75, 3.05) is 37.6 Å². The van der Waals surface area contributed by atoms with Crippen molar-refractivity contribution in [2.45, 2.75) is 44.7 Å². The minimum atomic E-state index is -4.19. The molecular formula is C20H25F3N4S. The van der Waals surface area contributed by atoms with Crippen molar-refractivity contribution in [1.29, 1.82) is 0 Å². The van der Waals surface area contributed by atoms with Crippen LogP contribution in [0, 0.1) is 11.3 Å². The van der Waals surface area contributed by atoms with E-state index in [4.69, 9.17) is 0 Å². The maximum absolute atomic E-state index is 12.7. The summed E-state index contributed by atoms with van der Waals surface area (Å²) in [6, 6.07) is 1.63. The van der Waals surface area contributed by atoms with Crippen molar-refractivity contribution in [3.63, 3.8) is 0 Å². The Balaban J connectivity index is 1.21. The van der Waals surface area contributed by atoms with Crippen molar-refractivity contribution >= 4 is 27.4 Å². The summed E-state index contributed by atoms with van der Waals surface area (Å²) in [6.07, 6.45) is 3.33. The fourth-order valence-corrected chi connectivity index (χ4v) is 6.33. The number of hydrogen-bond donors (Lipinski definition) is 0. The third-order valence-corrected chi connectivity index (χ3v) is 7.49. The van der Waals surface area contributed by atoms with E-state index in [9.17, 15) is 13.2 Å². The van der Waals surface area contributed by atoms with Gasteiger partial charge in [-0.25, -0.2) is 9.97 Å². The van der Waals surface area contributed by atoms with Crippen LogP contribution in [-0.4, -0.2) is 53.8 Å². The summed E-state index contributed by atoms with van der Waals surface area (Å²) in [5.41, 5.74) is 0.358. The lowest BCUT2D eigenvalue weighted by Crippen LogP contribution is -2.72. The molecule has 2 saturated heterocycles. The second kappa shape index (κ2) is 6.83. The number of likely N-dealkylation sites (tertiary alicyclic amines) is 1. The lowest BCUT2D eigenvalue weighted by Gasteiger charge is -2.61. The van der Waals surface area contributed by atoms with Crippen LogP contribution >= 0.6 is 11.3 Å². The standard InChI is InChI=1S/C20H25F3N4S/c21-20(22,23)7-15-6-16-17(24-13-25-18(16)28-15)27-11-19(12-27)9-26(10-19)8-14-4-2-1-3-5-14/h6,13-14H,1-5,7-12H2. The molecule has 2 aliphatic heterocycles. The Labute approximate surface area is 166 Å². The molecule has 2 aromatic rings. The Morgan fingerprint density at radius 2 is 1.82 bits per heavy atom. The number of nitrogens with zero attached hydrogens (tertiary/aromatic N) is 4. The second-order valence-electron chi connectivity index (χ2n) is 8.95. The summed E-state index contributed by atoms with van der Waals surface area (Å²) < 4.78 is 38.2. The third-order valence-electron chi connectivity index (χ3n) is 6.45. The molecule has 1 saturated carbocycles. The summed E-state index contributed by atoms with van der Waals surface area (Å²) in [6.45, 7) is 5.44. The van der Waals surface area contributed by atoms with E-state index in [1.165, 1.54) is 45.0 Å². The number of rotatable bonds is 4. The van der Waals surface area contributed by atoms with Crippen LogP contribution in [0.5, 0.6) is 0 Å². The number of halogens is 3. The molecule has 0 radical (unpaired) electrons. The number of anilines is 1. The van der Waals surface area contributed by atoms with Crippen LogP contribution in [-0.2, 0) is 6.42 Å². The van der Waals surface area contributed by atoms with E-state index in [2.05, 4.69) is 19.8 Å². The number of aromatic nitrogens is 2. The minimum Gasteiger partial charge on any atom is -0.355 e. The average Bonchev–Trinajstić information content (AvgIpc) is 2.97. The molecule has 5 rings (SSSR count). The quantitative estimate of drug-likeness (QED) is 0.743. The van der Waals surface area contributed by atoms with E-state index < -0.39 is 12.6 Å². The number of fused-ring (bicyclic) bond motifs is 1. The molecule has 28 heavy (non-hydrogen) atoms. The van der Waals surface area contributed by atoms with E-state index in [1.54, 1.807) is 6.07 Å². The van der Waals surface area contributed by atoms with Gasteiger partial charge in [0, 0.05) is 43.0 Å². The molecule has 4 heterocycles. The van der Waals surface area contributed by atoms with Crippen molar-refractivity contribution in [3.05, 3.63) is 17.3 Å². The molecular weight excluding hydrogens is 385 g/mol. The van der Waals surface area contributed by atoms with E-state index >= 15 is 0 Å². The van der Waals surface area contributed by atoms with Crippen LogP contribution in [0.15, 0.2) is 12.4 Å². The van der Waals surface area contributed by atoms with Gasteiger partial charge < -0.3 is 9.80 Å². The van der Waals surface area contributed by atoms with Gasteiger partial charge in [0.05, 0.1) is 11.8 Å². The average molecular weight is 411 g/mol. The highest BCUT2D eigenvalue weighted by Gasteiger charge is 2.52. The smallest absolute Gasteiger partial charge is 0.355 e. The zero-order chi connectivity index (χ0) is 19.4. The third kappa shape index (κ3) is 3.61. The minimum absolute atomic E-state index is 0.307. The summed E-state index contributed by atoms with van der Waals surface area (Å²) in [7, 11) is 0. The molecule has 3 fully saturated rings. The molecule has 1 spiro atoms. The van der Waals surface area contributed by atoms with E-state index in [1.807, 2.05) is 0 Å². The molecule has 152 valence electrons. The van der Waals surface area contributed by atoms with Gasteiger partial charge in [-0.1, -0.05) is 19.3 Å². The van der Waals surface area contributed by atoms with Gasteiger partial charge in [0.15, 0.2) is 0 Å². The zero-order valence-electron chi connectivity index (χ0n) is 15.8. The Morgan fingerprint density at radius 3 is 2.54 bits per heavy atom. The number of hydrogen-bond acceptors (Lipinski definition) is 5. The zero-order valence-corrected chi connectivity index (χ0v) is 16.7. The Morgan fingerprint density at radius 1 is 1.07 bits per heavy atom. The van der Waals surface area contributed by atoms with Gasteiger partial charge in [0.2, 0.25) is 0 Å². The predicted molar refractivity (Wildman–Crippen MR) is 105 cm³/mol.